The van der Waals surface area contributed by atoms with Gasteiger partial charge in [0.15, 0.2) is 0 Å². The molecule has 0 atom stereocenters. The van der Waals surface area contributed by atoms with Gasteiger partial charge in [0.1, 0.15) is 0 Å². The Hall–Kier alpha value is -0.0800. The standard InChI is InChI=1S/C19H40N2/c1-3-5-6-7-8-9-13-17-21(16-4-2)19(18-20)14-11-10-12-15-19/h3-18,20H2,1-2H3. The number of unbranched alkanes of at least 4 members (excludes halogenated alkanes) is 6. The quantitative estimate of drug-likeness (QED) is 0.507. The molecular formula is C19H40N2. The zero-order valence-corrected chi connectivity index (χ0v) is 14.8. The van der Waals surface area contributed by atoms with Crippen molar-refractivity contribution < 1.29 is 0 Å². The second-order valence-corrected chi connectivity index (χ2v) is 7.10. The summed E-state index contributed by atoms with van der Waals surface area (Å²) in [6, 6.07) is 0. The molecule has 0 unspecified atom stereocenters. The molecule has 0 spiro atoms. The van der Waals surface area contributed by atoms with Gasteiger partial charge in [-0.15, -0.1) is 0 Å². The van der Waals surface area contributed by atoms with E-state index in [9.17, 15) is 0 Å². The fraction of sp³-hybridized carbons (Fsp3) is 1.00. The van der Waals surface area contributed by atoms with Gasteiger partial charge in [0.25, 0.3) is 0 Å². The van der Waals surface area contributed by atoms with Gasteiger partial charge in [0, 0.05) is 12.1 Å². The fourth-order valence-corrected chi connectivity index (χ4v) is 3.98. The van der Waals surface area contributed by atoms with E-state index >= 15 is 0 Å². The Morgan fingerprint density at radius 3 is 1.95 bits per heavy atom. The maximum absolute atomic E-state index is 6.21. The highest BCUT2D eigenvalue weighted by atomic mass is 15.2. The van der Waals surface area contributed by atoms with Gasteiger partial charge in [-0.1, -0.05) is 71.6 Å². The first kappa shape index (κ1) is 19.0. The lowest BCUT2D eigenvalue weighted by Crippen LogP contribution is -2.55. The summed E-state index contributed by atoms with van der Waals surface area (Å²) in [6.45, 7) is 7.99. The first-order chi connectivity index (χ1) is 10.3. The molecule has 126 valence electrons. The Morgan fingerprint density at radius 1 is 0.762 bits per heavy atom. The van der Waals surface area contributed by atoms with E-state index in [1.807, 2.05) is 0 Å². The largest absolute Gasteiger partial charge is 0.329 e. The molecule has 21 heavy (non-hydrogen) atoms. The maximum Gasteiger partial charge on any atom is 0.0331 e. The molecule has 0 aromatic rings. The zero-order valence-electron chi connectivity index (χ0n) is 14.8. The number of nitrogens with two attached hydrogens (primary N) is 1. The topological polar surface area (TPSA) is 29.3 Å². The highest BCUT2D eigenvalue weighted by Crippen LogP contribution is 2.33. The fourth-order valence-electron chi connectivity index (χ4n) is 3.98. The van der Waals surface area contributed by atoms with Crippen LogP contribution < -0.4 is 5.73 Å². The maximum atomic E-state index is 6.21. The molecular weight excluding hydrogens is 256 g/mol. The molecule has 0 heterocycles. The van der Waals surface area contributed by atoms with Gasteiger partial charge in [-0.05, 0) is 38.8 Å². The van der Waals surface area contributed by atoms with Crippen LogP contribution in [0.5, 0.6) is 0 Å². The smallest absolute Gasteiger partial charge is 0.0331 e. The third kappa shape index (κ3) is 6.69. The van der Waals surface area contributed by atoms with Gasteiger partial charge >= 0.3 is 0 Å². The predicted molar refractivity (Wildman–Crippen MR) is 94.7 cm³/mol. The molecule has 0 radical (unpaired) electrons. The van der Waals surface area contributed by atoms with E-state index < -0.39 is 0 Å². The molecule has 1 saturated carbocycles. The average Bonchev–Trinajstić information content (AvgIpc) is 2.53. The zero-order chi connectivity index (χ0) is 15.4. The van der Waals surface area contributed by atoms with Crippen LogP contribution >= 0.6 is 0 Å². The van der Waals surface area contributed by atoms with Crippen LogP contribution in [0, 0.1) is 0 Å². The van der Waals surface area contributed by atoms with E-state index in [-0.39, 0.29) is 0 Å². The minimum absolute atomic E-state index is 0.344. The summed E-state index contributed by atoms with van der Waals surface area (Å²) in [5, 5.41) is 0. The minimum atomic E-state index is 0.344. The van der Waals surface area contributed by atoms with E-state index in [0.29, 0.717) is 5.54 Å². The normalized spacial score (nSPS) is 18.3. The number of hydrogen-bond donors (Lipinski definition) is 1. The highest BCUT2D eigenvalue weighted by Gasteiger charge is 2.35. The first-order valence-electron chi connectivity index (χ1n) is 9.74. The Kier molecular flexibility index (Phi) is 10.4. The molecule has 2 heteroatoms. The summed E-state index contributed by atoms with van der Waals surface area (Å²) >= 11 is 0. The number of nitrogens with zero attached hydrogens (tertiary/aromatic N) is 1. The molecule has 1 rings (SSSR count). The van der Waals surface area contributed by atoms with Crippen LogP contribution in [0.15, 0.2) is 0 Å². The van der Waals surface area contributed by atoms with Crippen LogP contribution in [0.3, 0.4) is 0 Å². The van der Waals surface area contributed by atoms with E-state index in [1.165, 1.54) is 96.6 Å². The molecule has 1 aliphatic rings. The lowest BCUT2D eigenvalue weighted by atomic mass is 9.80. The second kappa shape index (κ2) is 11.5. The van der Waals surface area contributed by atoms with Crippen LogP contribution in [-0.4, -0.2) is 30.1 Å². The van der Waals surface area contributed by atoms with Gasteiger partial charge in [-0.25, -0.2) is 0 Å². The average molecular weight is 297 g/mol. The third-order valence-electron chi connectivity index (χ3n) is 5.36. The SMILES string of the molecule is CCCCCCCCCN(CCC)C1(CN)CCCCC1. The van der Waals surface area contributed by atoms with E-state index in [4.69, 9.17) is 5.73 Å². The Balaban J connectivity index is 2.31. The second-order valence-electron chi connectivity index (χ2n) is 7.10. The van der Waals surface area contributed by atoms with Crippen molar-refractivity contribution >= 4 is 0 Å². The van der Waals surface area contributed by atoms with Gasteiger partial charge in [-0.2, -0.15) is 0 Å². The summed E-state index contributed by atoms with van der Waals surface area (Å²) in [5.41, 5.74) is 6.56. The van der Waals surface area contributed by atoms with Crippen LogP contribution in [0.1, 0.15) is 97.3 Å². The van der Waals surface area contributed by atoms with Crippen LogP contribution in [0.25, 0.3) is 0 Å². The first-order valence-corrected chi connectivity index (χ1v) is 9.74. The van der Waals surface area contributed by atoms with Crippen LogP contribution in [0.4, 0.5) is 0 Å². The van der Waals surface area contributed by atoms with Gasteiger partial charge < -0.3 is 5.73 Å². The monoisotopic (exact) mass is 296 g/mol. The van der Waals surface area contributed by atoms with Crippen molar-refractivity contribution in [3.63, 3.8) is 0 Å². The molecule has 0 bridgehead atoms. The Bertz CT molecular complexity index is 234. The van der Waals surface area contributed by atoms with Gasteiger partial charge in [0.2, 0.25) is 0 Å². The molecule has 0 amide bonds. The summed E-state index contributed by atoms with van der Waals surface area (Å²) in [7, 11) is 0. The van der Waals surface area contributed by atoms with Crippen molar-refractivity contribution in [2.75, 3.05) is 19.6 Å². The van der Waals surface area contributed by atoms with E-state index in [1.54, 1.807) is 0 Å². The molecule has 1 fully saturated rings. The lowest BCUT2D eigenvalue weighted by molar-refractivity contribution is 0.0550. The van der Waals surface area contributed by atoms with E-state index in [0.717, 1.165) is 6.54 Å². The summed E-state index contributed by atoms with van der Waals surface area (Å²) < 4.78 is 0. The summed E-state index contributed by atoms with van der Waals surface area (Å²) in [4.78, 5) is 2.76. The van der Waals surface area contributed by atoms with Crippen molar-refractivity contribution in [3.8, 4) is 0 Å². The molecule has 0 aromatic heterocycles. The Labute approximate surface area is 133 Å². The number of hydrogen-bond acceptors (Lipinski definition) is 2. The van der Waals surface area contributed by atoms with Crippen molar-refractivity contribution in [1.82, 2.24) is 4.90 Å². The molecule has 0 aliphatic heterocycles. The van der Waals surface area contributed by atoms with Crippen LogP contribution in [0.2, 0.25) is 0 Å². The lowest BCUT2D eigenvalue weighted by Gasteiger charge is -2.46. The van der Waals surface area contributed by atoms with Crippen molar-refractivity contribution in [3.05, 3.63) is 0 Å². The molecule has 2 N–H and O–H groups in total. The molecule has 0 saturated heterocycles. The van der Waals surface area contributed by atoms with E-state index in [2.05, 4.69) is 18.7 Å². The highest BCUT2D eigenvalue weighted by molar-refractivity contribution is 4.94. The molecule has 0 aromatic carbocycles. The minimum Gasteiger partial charge on any atom is -0.329 e. The van der Waals surface area contributed by atoms with Gasteiger partial charge in [-0.3, -0.25) is 4.90 Å². The molecule has 1 aliphatic carbocycles. The third-order valence-corrected chi connectivity index (χ3v) is 5.36. The molecule has 2 nitrogen and oxygen atoms in total. The van der Waals surface area contributed by atoms with Crippen LogP contribution in [-0.2, 0) is 0 Å². The van der Waals surface area contributed by atoms with Crippen molar-refractivity contribution in [2.24, 2.45) is 5.73 Å². The summed E-state index contributed by atoms with van der Waals surface area (Å²) in [6.07, 6.45) is 17.9. The predicted octanol–water partition coefficient (Wildman–Crippen LogP) is 5.11. The number of rotatable bonds is 12. The van der Waals surface area contributed by atoms with Crippen molar-refractivity contribution in [2.45, 2.75) is 103 Å². The summed E-state index contributed by atoms with van der Waals surface area (Å²) in [5.74, 6) is 0. The Morgan fingerprint density at radius 2 is 1.38 bits per heavy atom. The van der Waals surface area contributed by atoms with Gasteiger partial charge in [0.05, 0.1) is 0 Å². The van der Waals surface area contributed by atoms with Crippen molar-refractivity contribution in [1.29, 1.82) is 0 Å².